The molecule has 2 nitrogen and oxygen atoms in total. The highest BCUT2D eigenvalue weighted by Gasteiger charge is 2.23. The van der Waals surface area contributed by atoms with Crippen molar-refractivity contribution in [3.8, 4) is 12.1 Å². The van der Waals surface area contributed by atoms with Crippen molar-refractivity contribution in [2.45, 2.75) is 6.42 Å². The molecule has 0 aliphatic rings. The molecule has 0 aliphatic carbocycles. The quantitative estimate of drug-likeness (QED) is 0.549. The maximum atomic E-state index is 8.52. The fourth-order valence-corrected chi connectivity index (χ4v) is 0.519. The number of nitrogens with zero attached hydrogens (tertiary/aromatic N) is 2. The zero-order valence-corrected chi connectivity index (χ0v) is 5.67. The normalized spacial score (nSPS) is 9.00. The lowest BCUT2D eigenvalue weighted by atomic mass is 9.88. The third-order valence-electron chi connectivity index (χ3n) is 1.21. The predicted molar refractivity (Wildman–Crippen MR) is 38.7 cm³/mol. The fraction of sp³-hybridized carbons (Fsp3) is 0.250. The molecule has 50 valence electrons. The van der Waals surface area contributed by atoms with E-state index in [0.717, 1.165) is 0 Å². The van der Waals surface area contributed by atoms with Crippen molar-refractivity contribution in [3.05, 3.63) is 25.3 Å². The van der Waals surface area contributed by atoms with Crippen LogP contribution in [-0.4, -0.2) is 0 Å². The summed E-state index contributed by atoms with van der Waals surface area (Å²) in [7, 11) is 0. The lowest BCUT2D eigenvalue weighted by Crippen LogP contribution is -2.09. The molecule has 0 N–H and O–H groups in total. The number of allylic oxidation sites excluding steroid dienone is 2. The zero-order valence-electron chi connectivity index (χ0n) is 5.67. The second-order valence-electron chi connectivity index (χ2n) is 1.89. The van der Waals surface area contributed by atoms with Crippen LogP contribution in [0.15, 0.2) is 25.3 Å². The van der Waals surface area contributed by atoms with Gasteiger partial charge in [0.15, 0.2) is 5.41 Å². The van der Waals surface area contributed by atoms with Crippen LogP contribution in [0, 0.1) is 28.1 Å². The topological polar surface area (TPSA) is 47.6 Å². The lowest BCUT2D eigenvalue weighted by molar-refractivity contribution is 0.678. The maximum Gasteiger partial charge on any atom is 0.164 e. The molecule has 0 spiro atoms. The molecular weight excluding hydrogens is 124 g/mol. The molecule has 0 atom stereocenters. The molecule has 0 saturated heterocycles. The van der Waals surface area contributed by atoms with Crippen LogP contribution in [0.25, 0.3) is 0 Å². The van der Waals surface area contributed by atoms with Crippen molar-refractivity contribution in [3.63, 3.8) is 0 Å². The van der Waals surface area contributed by atoms with E-state index >= 15 is 0 Å². The third kappa shape index (κ3) is 1.47. The van der Waals surface area contributed by atoms with Crippen LogP contribution < -0.4 is 0 Å². The SMILES string of the molecule is C=CCC(C#N)(C#N)C=C. The molecular formula is C8H8N2. The summed E-state index contributed by atoms with van der Waals surface area (Å²) >= 11 is 0. The summed E-state index contributed by atoms with van der Waals surface area (Å²) in [6, 6.07) is 3.73. The first-order valence-electron chi connectivity index (χ1n) is 2.81. The van der Waals surface area contributed by atoms with Crippen LogP contribution in [-0.2, 0) is 0 Å². The van der Waals surface area contributed by atoms with Crippen molar-refractivity contribution in [1.29, 1.82) is 10.5 Å². The molecule has 10 heavy (non-hydrogen) atoms. The third-order valence-corrected chi connectivity index (χ3v) is 1.21. The van der Waals surface area contributed by atoms with Crippen molar-refractivity contribution in [2.24, 2.45) is 5.41 Å². The largest absolute Gasteiger partial charge is 0.196 e. The molecule has 0 aromatic carbocycles. The Kier molecular flexibility index (Phi) is 2.94. The predicted octanol–water partition coefficient (Wildman–Crippen LogP) is 1.78. The van der Waals surface area contributed by atoms with E-state index in [-0.39, 0.29) is 0 Å². The van der Waals surface area contributed by atoms with Crippen LogP contribution >= 0.6 is 0 Å². The molecule has 0 amide bonds. The monoisotopic (exact) mass is 132 g/mol. The van der Waals surface area contributed by atoms with E-state index in [4.69, 9.17) is 10.5 Å². The number of hydrogen-bond donors (Lipinski definition) is 0. The van der Waals surface area contributed by atoms with Gasteiger partial charge in [-0.15, -0.1) is 13.2 Å². The second-order valence-corrected chi connectivity index (χ2v) is 1.89. The van der Waals surface area contributed by atoms with E-state index in [1.807, 2.05) is 12.1 Å². The van der Waals surface area contributed by atoms with Crippen molar-refractivity contribution in [1.82, 2.24) is 0 Å². The van der Waals surface area contributed by atoms with E-state index in [1.165, 1.54) is 12.2 Å². The summed E-state index contributed by atoms with van der Waals surface area (Å²) in [4.78, 5) is 0. The second kappa shape index (κ2) is 3.48. The van der Waals surface area contributed by atoms with E-state index in [0.29, 0.717) is 6.42 Å². The van der Waals surface area contributed by atoms with Gasteiger partial charge in [-0.05, 0) is 0 Å². The highest BCUT2D eigenvalue weighted by Crippen LogP contribution is 2.20. The van der Waals surface area contributed by atoms with Gasteiger partial charge in [-0.1, -0.05) is 12.2 Å². The average Bonchev–Trinajstić information content (AvgIpc) is 2.01. The number of hydrogen-bond acceptors (Lipinski definition) is 2. The number of nitriles is 2. The first kappa shape index (κ1) is 8.46. The molecule has 0 unspecified atom stereocenters. The molecule has 0 aliphatic heterocycles. The summed E-state index contributed by atoms with van der Waals surface area (Å²) in [6.45, 7) is 6.84. The van der Waals surface area contributed by atoms with Crippen LogP contribution in [0.2, 0.25) is 0 Å². The van der Waals surface area contributed by atoms with Gasteiger partial charge >= 0.3 is 0 Å². The van der Waals surface area contributed by atoms with E-state index in [1.54, 1.807) is 0 Å². The molecule has 0 aromatic rings. The Morgan fingerprint density at radius 1 is 1.30 bits per heavy atom. The first-order chi connectivity index (χ1) is 4.74. The van der Waals surface area contributed by atoms with Gasteiger partial charge in [0, 0.05) is 6.42 Å². The Balaban J connectivity index is 4.54. The minimum absolute atomic E-state index is 0.337. The average molecular weight is 132 g/mol. The van der Waals surface area contributed by atoms with Crippen LogP contribution in [0.5, 0.6) is 0 Å². The summed E-state index contributed by atoms with van der Waals surface area (Å²) in [5, 5.41) is 17.0. The van der Waals surface area contributed by atoms with Crippen molar-refractivity contribution >= 4 is 0 Å². The van der Waals surface area contributed by atoms with Gasteiger partial charge in [0.2, 0.25) is 0 Å². The van der Waals surface area contributed by atoms with Gasteiger partial charge in [-0.25, -0.2) is 0 Å². The standard InChI is InChI=1S/C8H8N2/c1-3-5-8(4-2,6-9)7-10/h3-4H,1-2,5H2. The lowest BCUT2D eigenvalue weighted by Gasteiger charge is -2.07. The highest BCUT2D eigenvalue weighted by molar-refractivity contribution is 5.23. The summed E-state index contributed by atoms with van der Waals surface area (Å²) in [6.07, 6.45) is 3.21. The van der Waals surface area contributed by atoms with E-state index < -0.39 is 5.41 Å². The van der Waals surface area contributed by atoms with Crippen LogP contribution in [0.1, 0.15) is 6.42 Å². The van der Waals surface area contributed by atoms with Gasteiger partial charge < -0.3 is 0 Å². The minimum atomic E-state index is -1.07. The van der Waals surface area contributed by atoms with Gasteiger partial charge in [0.05, 0.1) is 12.1 Å². The van der Waals surface area contributed by atoms with Gasteiger partial charge in [-0.3, -0.25) is 0 Å². The number of rotatable bonds is 3. The summed E-state index contributed by atoms with van der Waals surface area (Å²) in [5.41, 5.74) is -1.07. The van der Waals surface area contributed by atoms with E-state index in [2.05, 4.69) is 13.2 Å². The van der Waals surface area contributed by atoms with Crippen LogP contribution in [0.4, 0.5) is 0 Å². The molecule has 0 heterocycles. The Hall–Kier alpha value is -1.54. The summed E-state index contributed by atoms with van der Waals surface area (Å²) in [5.74, 6) is 0. The maximum absolute atomic E-state index is 8.52. The Bertz CT molecular complexity index is 200. The highest BCUT2D eigenvalue weighted by atomic mass is 14.4. The fourth-order valence-electron chi connectivity index (χ4n) is 0.519. The van der Waals surface area contributed by atoms with Crippen LogP contribution in [0.3, 0.4) is 0 Å². The summed E-state index contributed by atoms with van der Waals surface area (Å²) < 4.78 is 0. The van der Waals surface area contributed by atoms with Gasteiger partial charge in [-0.2, -0.15) is 10.5 Å². The molecule has 0 rings (SSSR count). The first-order valence-corrected chi connectivity index (χ1v) is 2.81. The van der Waals surface area contributed by atoms with E-state index in [9.17, 15) is 0 Å². The Morgan fingerprint density at radius 3 is 1.90 bits per heavy atom. The molecule has 0 bridgehead atoms. The Labute approximate surface area is 60.7 Å². The van der Waals surface area contributed by atoms with Gasteiger partial charge in [0.25, 0.3) is 0 Å². The smallest absolute Gasteiger partial charge is 0.164 e. The van der Waals surface area contributed by atoms with Crippen molar-refractivity contribution in [2.75, 3.05) is 0 Å². The van der Waals surface area contributed by atoms with Gasteiger partial charge in [0.1, 0.15) is 0 Å². The molecule has 2 heteroatoms. The minimum Gasteiger partial charge on any atom is -0.196 e. The molecule has 0 radical (unpaired) electrons. The Morgan fingerprint density at radius 2 is 1.80 bits per heavy atom. The molecule has 0 fully saturated rings. The van der Waals surface area contributed by atoms with Crippen molar-refractivity contribution < 1.29 is 0 Å². The molecule has 0 aromatic heterocycles. The molecule has 0 saturated carbocycles. The zero-order chi connectivity index (χ0) is 8.04.